The van der Waals surface area contributed by atoms with Crippen molar-refractivity contribution in [2.75, 3.05) is 0 Å². The number of hydrogen-bond donors (Lipinski definition) is 2. The molecule has 56 heavy (non-hydrogen) atoms. The van der Waals surface area contributed by atoms with E-state index in [4.69, 9.17) is 14.6 Å². The van der Waals surface area contributed by atoms with Crippen molar-refractivity contribution in [3.8, 4) is 0 Å². The fourth-order valence-corrected chi connectivity index (χ4v) is 14.4. The summed E-state index contributed by atoms with van der Waals surface area (Å²) in [5.41, 5.74) is -1.79. The summed E-state index contributed by atoms with van der Waals surface area (Å²) in [6.45, 7) is 10.9. The van der Waals surface area contributed by atoms with E-state index in [2.05, 4.69) is 39.8 Å². The van der Waals surface area contributed by atoms with Crippen molar-refractivity contribution in [2.24, 2.45) is 81.3 Å². The van der Waals surface area contributed by atoms with Crippen LogP contribution in [0.1, 0.15) is 157 Å². The highest BCUT2D eigenvalue weighted by Gasteiger charge is 2.78. The van der Waals surface area contributed by atoms with Gasteiger partial charge in [-0.1, -0.05) is 84.8 Å². The lowest BCUT2D eigenvalue weighted by molar-refractivity contribution is -0.268. The van der Waals surface area contributed by atoms with Gasteiger partial charge in [0, 0.05) is 6.42 Å². The van der Waals surface area contributed by atoms with Gasteiger partial charge in [0.25, 0.3) is 0 Å². The lowest BCUT2D eigenvalue weighted by Crippen LogP contribution is -2.71. The van der Waals surface area contributed by atoms with E-state index in [0.717, 1.165) is 77.0 Å². The van der Waals surface area contributed by atoms with Crippen molar-refractivity contribution in [1.82, 2.24) is 0 Å². The van der Waals surface area contributed by atoms with Crippen LogP contribution >= 0.6 is 0 Å². The molecule has 10 heteroatoms. The monoisotopic (exact) mass is 780 g/mol. The Bertz CT molecular complexity index is 1550. The lowest BCUT2D eigenvalue weighted by atomic mass is 9.29. The molecule has 13 unspecified atom stereocenters. The van der Waals surface area contributed by atoms with E-state index < -0.39 is 64.4 Å². The number of carboxylic acid groups (broad SMARTS) is 2. The van der Waals surface area contributed by atoms with Crippen molar-refractivity contribution >= 4 is 35.8 Å². The third-order valence-corrected chi connectivity index (χ3v) is 16.5. The molecule has 1 spiro atoms. The first-order valence-electron chi connectivity index (χ1n) is 22.2. The zero-order valence-corrected chi connectivity index (χ0v) is 34.6. The summed E-state index contributed by atoms with van der Waals surface area (Å²) in [7, 11) is 0. The van der Waals surface area contributed by atoms with Crippen LogP contribution in [0.5, 0.6) is 0 Å². The molecular weight excluding hydrogens is 712 g/mol. The van der Waals surface area contributed by atoms with Gasteiger partial charge in [-0.3, -0.25) is 28.8 Å². The summed E-state index contributed by atoms with van der Waals surface area (Å²) in [6, 6.07) is 0. The molecular formula is C46H68O10. The Morgan fingerprint density at radius 3 is 2.27 bits per heavy atom. The maximum atomic E-state index is 14.2. The SMILES string of the molecule is CCCCC/C=C/C(CC(CCCCCCCC(=O)O)C1CC(=O)OC1=O)C1C(C(C)C)C2CC3C4(C)CCCC(C)(C(=O)O)C4CCC13C1C(=O)OC(=O)C21. The molecule has 10 nitrogen and oxygen atoms in total. The largest absolute Gasteiger partial charge is 0.481 e. The maximum absolute atomic E-state index is 14.2. The van der Waals surface area contributed by atoms with Crippen LogP contribution in [-0.2, 0) is 38.2 Å². The lowest BCUT2D eigenvalue weighted by Gasteiger charge is -2.74. The van der Waals surface area contributed by atoms with Gasteiger partial charge in [0.2, 0.25) is 0 Å². The molecule has 7 aliphatic rings. The number of hydrogen-bond acceptors (Lipinski definition) is 8. The van der Waals surface area contributed by atoms with Gasteiger partial charge in [-0.2, -0.15) is 0 Å². The highest BCUT2D eigenvalue weighted by Crippen LogP contribution is 2.79. The van der Waals surface area contributed by atoms with E-state index in [1.54, 1.807) is 0 Å². The molecule has 2 saturated heterocycles. The molecule has 0 aromatic carbocycles. The maximum Gasteiger partial charge on any atom is 0.318 e. The van der Waals surface area contributed by atoms with Crippen molar-refractivity contribution in [1.29, 1.82) is 0 Å². The van der Waals surface area contributed by atoms with Crippen LogP contribution < -0.4 is 0 Å². The van der Waals surface area contributed by atoms with Gasteiger partial charge in [0.15, 0.2) is 0 Å². The second kappa shape index (κ2) is 17.1. The van der Waals surface area contributed by atoms with Crippen molar-refractivity contribution in [3.63, 3.8) is 0 Å². The van der Waals surface area contributed by atoms with Crippen LogP contribution in [0, 0.1) is 81.3 Å². The molecule has 0 radical (unpaired) electrons. The summed E-state index contributed by atoms with van der Waals surface area (Å²) in [4.78, 5) is 78.1. The fourth-order valence-electron chi connectivity index (χ4n) is 14.4. The van der Waals surface area contributed by atoms with Gasteiger partial charge in [-0.15, -0.1) is 0 Å². The molecule has 2 aliphatic heterocycles. The number of carbonyl (C=O) groups excluding carboxylic acids is 4. The van der Waals surface area contributed by atoms with Gasteiger partial charge < -0.3 is 19.7 Å². The molecule has 7 fully saturated rings. The van der Waals surface area contributed by atoms with Gasteiger partial charge in [0.05, 0.1) is 29.6 Å². The Labute approximate surface area is 333 Å². The molecule has 13 atom stereocenters. The average molecular weight is 781 g/mol. The first kappa shape index (κ1) is 42.6. The summed E-state index contributed by atoms with van der Waals surface area (Å²) in [5.74, 6) is -4.86. The fraction of sp³-hybridized carbons (Fsp3) is 0.826. The second-order valence-corrected chi connectivity index (χ2v) is 19.7. The number of fused-ring (bicyclic) bond motifs is 2. The normalized spacial score (nSPS) is 38.6. The molecule has 0 aromatic heterocycles. The number of esters is 4. The van der Waals surface area contributed by atoms with Gasteiger partial charge in [-0.05, 0) is 129 Å². The highest BCUT2D eigenvalue weighted by atomic mass is 16.6. The van der Waals surface area contributed by atoms with Crippen molar-refractivity contribution in [3.05, 3.63) is 12.2 Å². The minimum absolute atomic E-state index is 0.00388. The summed E-state index contributed by atoms with van der Waals surface area (Å²) < 4.78 is 10.8. The van der Waals surface area contributed by atoms with Crippen molar-refractivity contribution in [2.45, 2.75) is 157 Å². The predicted molar refractivity (Wildman–Crippen MR) is 208 cm³/mol. The number of allylic oxidation sites excluding steroid dienone is 2. The molecule has 7 rings (SSSR count). The predicted octanol–water partition coefficient (Wildman–Crippen LogP) is 9.18. The van der Waals surface area contributed by atoms with Crippen LogP contribution in [0.15, 0.2) is 12.2 Å². The quantitative estimate of drug-likeness (QED) is 0.0560. The van der Waals surface area contributed by atoms with Crippen LogP contribution in [-0.4, -0.2) is 46.0 Å². The van der Waals surface area contributed by atoms with Crippen LogP contribution in [0.25, 0.3) is 0 Å². The summed E-state index contributed by atoms with van der Waals surface area (Å²) >= 11 is 0. The zero-order valence-electron chi connectivity index (χ0n) is 34.6. The van der Waals surface area contributed by atoms with E-state index in [1.807, 2.05) is 6.92 Å². The first-order chi connectivity index (χ1) is 26.6. The topological polar surface area (TPSA) is 161 Å². The van der Waals surface area contributed by atoms with Crippen LogP contribution in [0.3, 0.4) is 0 Å². The number of carbonyl (C=O) groups is 6. The molecule has 5 aliphatic carbocycles. The first-order valence-corrected chi connectivity index (χ1v) is 22.2. The van der Waals surface area contributed by atoms with Gasteiger partial charge in [-0.25, -0.2) is 0 Å². The number of cyclic esters (lactones) is 4. The van der Waals surface area contributed by atoms with E-state index in [0.29, 0.717) is 32.1 Å². The standard InChI is InChI=1S/C46H68O10/c1-6-7-8-10-14-18-29(24-28(30-26-35(49)55-40(30)50)17-13-11-9-12-15-19-34(47)48)38-36(27(2)3)31-25-33-44(4)21-16-22-45(5,43(53)54)32(44)20-23-46(33,38)39-37(31)41(51)56-42(39)52/h14,18,27-33,36-39H,6-13,15-17,19-26H2,1-5H3,(H,47,48)(H,53,54)/b18-14+. The van der Waals surface area contributed by atoms with Gasteiger partial charge in [0.1, 0.15) is 0 Å². The molecule has 0 amide bonds. The summed E-state index contributed by atoms with van der Waals surface area (Å²) in [5, 5.41) is 19.8. The number of carboxylic acids is 2. The summed E-state index contributed by atoms with van der Waals surface area (Å²) in [6.07, 6.45) is 19.0. The van der Waals surface area contributed by atoms with E-state index in [1.165, 1.54) is 0 Å². The number of rotatable bonds is 19. The average Bonchev–Trinajstić information content (AvgIpc) is 3.65. The molecule has 2 bridgehead atoms. The molecule has 312 valence electrons. The zero-order chi connectivity index (χ0) is 40.6. The van der Waals surface area contributed by atoms with Crippen LogP contribution in [0.2, 0.25) is 0 Å². The highest BCUT2D eigenvalue weighted by molar-refractivity contribution is 5.98. The Morgan fingerprint density at radius 1 is 0.875 bits per heavy atom. The minimum atomic E-state index is -0.865. The Balaban J connectivity index is 1.43. The third-order valence-electron chi connectivity index (χ3n) is 16.5. The number of ether oxygens (including phenoxy) is 2. The smallest absolute Gasteiger partial charge is 0.318 e. The molecule has 2 N–H and O–H groups in total. The number of aliphatic carboxylic acids is 2. The van der Waals surface area contributed by atoms with Gasteiger partial charge >= 0.3 is 35.8 Å². The third kappa shape index (κ3) is 7.53. The van der Waals surface area contributed by atoms with E-state index in [9.17, 15) is 33.9 Å². The second-order valence-electron chi connectivity index (χ2n) is 19.7. The number of unbranched alkanes of at least 4 members (excludes halogenated alkanes) is 7. The van der Waals surface area contributed by atoms with Crippen molar-refractivity contribution < 1.29 is 48.5 Å². The molecule has 2 heterocycles. The Hall–Kier alpha value is -3.04. The molecule has 0 aromatic rings. The Kier molecular flexibility index (Phi) is 13.0. The van der Waals surface area contributed by atoms with E-state index >= 15 is 0 Å². The van der Waals surface area contributed by atoms with E-state index in [-0.39, 0.29) is 65.6 Å². The Morgan fingerprint density at radius 2 is 1.61 bits per heavy atom. The van der Waals surface area contributed by atoms with Crippen LogP contribution in [0.4, 0.5) is 0 Å². The minimum Gasteiger partial charge on any atom is -0.481 e. The molecule has 5 saturated carbocycles.